The molecule has 19 heavy (non-hydrogen) atoms. The van der Waals surface area contributed by atoms with E-state index in [-0.39, 0.29) is 5.91 Å². The van der Waals surface area contributed by atoms with Gasteiger partial charge < -0.3 is 5.32 Å². The van der Waals surface area contributed by atoms with Crippen LogP contribution in [0.4, 0.5) is 0 Å². The van der Waals surface area contributed by atoms with Crippen LogP contribution in [0.3, 0.4) is 0 Å². The summed E-state index contributed by atoms with van der Waals surface area (Å²) in [6.45, 7) is 2.62. The molecule has 1 heterocycles. The van der Waals surface area contributed by atoms with E-state index in [1.807, 2.05) is 18.4 Å². The van der Waals surface area contributed by atoms with Crippen molar-refractivity contribution < 1.29 is 4.79 Å². The zero-order valence-corrected chi connectivity index (χ0v) is 13.7. The Morgan fingerprint density at radius 3 is 2.68 bits per heavy atom. The second-order valence-electron chi connectivity index (χ2n) is 4.98. The van der Waals surface area contributed by atoms with Crippen LogP contribution in [0, 0.1) is 5.41 Å². The molecule has 1 aromatic heterocycles. The number of carbonyl (C=O) groups is 1. The Kier molecular flexibility index (Phi) is 4.71. The molecule has 0 aliphatic heterocycles. The van der Waals surface area contributed by atoms with Gasteiger partial charge in [0.2, 0.25) is 5.91 Å². The molecule has 2 nitrogen and oxygen atoms in total. The van der Waals surface area contributed by atoms with Crippen molar-refractivity contribution in [2.24, 2.45) is 5.41 Å². The van der Waals surface area contributed by atoms with E-state index < -0.39 is 9.75 Å². The van der Waals surface area contributed by atoms with E-state index >= 15 is 0 Å². The van der Waals surface area contributed by atoms with E-state index in [0.29, 0.717) is 13.0 Å². The molecule has 1 saturated carbocycles. The summed E-state index contributed by atoms with van der Waals surface area (Å²) in [5, 5.41) is 4.94. The molecule has 1 aliphatic carbocycles. The van der Waals surface area contributed by atoms with Gasteiger partial charge in [0.05, 0.1) is 9.75 Å². The molecule has 106 valence electrons. The lowest BCUT2D eigenvalue weighted by atomic mass is 9.99. The number of thiophene rings is 1. The van der Waals surface area contributed by atoms with Crippen molar-refractivity contribution in [2.75, 3.05) is 6.54 Å². The number of amides is 1. The predicted molar refractivity (Wildman–Crippen MR) is 82.4 cm³/mol. The highest BCUT2D eigenvalue weighted by atomic mass is 35.5. The van der Waals surface area contributed by atoms with E-state index in [1.54, 1.807) is 0 Å². The number of alkyl halides is 2. The second-order valence-corrected chi connectivity index (χ2v) is 8.00. The Morgan fingerprint density at radius 1 is 1.53 bits per heavy atom. The van der Waals surface area contributed by atoms with Crippen molar-refractivity contribution in [1.29, 1.82) is 0 Å². The van der Waals surface area contributed by atoms with Gasteiger partial charge in [0.25, 0.3) is 0 Å². The van der Waals surface area contributed by atoms with Gasteiger partial charge in [-0.05, 0) is 36.3 Å². The minimum absolute atomic E-state index is 0.0272. The van der Waals surface area contributed by atoms with E-state index in [9.17, 15) is 4.79 Å². The minimum Gasteiger partial charge on any atom is -0.355 e. The van der Waals surface area contributed by atoms with Gasteiger partial charge in [-0.25, -0.2) is 0 Å². The molecule has 1 amide bonds. The normalized spacial score (nSPS) is 24.2. The van der Waals surface area contributed by atoms with Crippen LogP contribution in [0.5, 0.6) is 0 Å². The van der Waals surface area contributed by atoms with Crippen molar-refractivity contribution in [1.82, 2.24) is 5.32 Å². The highest BCUT2D eigenvalue weighted by Gasteiger charge is 2.70. The molecule has 0 radical (unpaired) electrons. The summed E-state index contributed by atoms with van der Waals surface area (Å²) in [6, 6.07) is 1.92. The van der Waals surface area contributed by atoms with Gasteiger partial charge in [-0.3, -0.25) is 4.79 Å². The van der Waals surface area contributed by atoms with Gasteiger partial charge in [0, 0.05) is 6.54 Å². The second kappa shape index (κ2) is 5.80. The molecule has 0 aromatic carbocycles. The average molecular weight is 341 g/mol. The largest absolute Gasteiger partial charge is 0.355 e. The third kappa shape index (κ3) is 3.21. The summed E-state index contributed by atoms with van der Waals surface area (Å²) in [4.78, 5) is 12.2. The number of rotatable bonds is 6. The van der Waals surface area contributed by atoms with Crippen LogP contribution >= 0.6 is 46.1 Å². The summed E-state index contributed by atoms with van der Waals surface area (Å²) in [5.74, 6) is -0.0272. The number of halogens is 3. The van der Waals surface area contributed by atoms with E-state index in [0.717, 1.165) is 29.2 Å². The van der Waals surface area contributed by atoms with Gasteiger partial charge in [-0.2, -0.15) is 0 Å². The third-order valence-electron chi connectivity index (χ3n) is 3.53. The lowest BCUT2D eigenvalue weighted by Crippen LogP contribution is -2.36. The molecule has 1 atom stereocenters. The highest BCUT2D eigenvalue weighted by Crippen LogP contribution is 2.66. The van der Waals surface area contributed by atoms with Crippen LogP contribution in [0.1, 0.15) is 31.7 Å². The van der Waals surface area contributed by atoms with Crippen molar-refractivity contribution >= 4 is 52.0 Å². The van der Waals surface area contributed by atoms with Gasteiger partial charge in [-0.15, -0.1) is 34.5 Å². The zero-order valence-electron chi connectivity index (χ0n) is 10.6. The van der Waals surface area contributed by atoms with E-state index in [2.05, 4.69) is 5.32 Å². The molecule has 0 spiro atoms. The summed E-state index contributed by atoms with van der Waals surface area (Å²) < 4.78 is -0.120. The van der Waals surface area contributed by atoms with Gasteiger partial charge in [0.1, 0.15) is 4.33 Å². The maximum Gasteiger partial charge on any atom is 0.229 e. The molecule has 0 saturated heterocycles. The Balaban J connectivity index is 1.84. The summed E-state index contributed by atoms with van der Waals surface area (Å²) in [6.07, 6.45) is 2.95. The van der Waals surface area contributed by atoms with E-state index in [1.165, 1.54) is 11.3 Å². The SMILES string of the molecule is CCCC1(C(=O)NCCc2csc(Cl)c2)CC1(Cl)Cl. The van der Waals surface area contributed by atoms with Crippen LogP contribution < -0.4 is 5.32 Å². The number of hydrogen-bond donors (Lipinski definition) is 1. The minimum atomic E-state index is -0.890. The van der Waals surface area contributed by atoms with Crippen molar-refractivity contribution in [3.8, 4) is 0 Å². The third-order valence-corrected chi connectivity index (χ3v) is 5.66. The van der Waals surface area contributed by atoms with Gasteiger partial charge in [-0.1, -0.05) is 24.9 Å². The van der Waals surface area contributed by atoms with Crippen molar-refractivity contribution in [3.05, 3.63) is 21.3 Å². The molecule has 1 N–H and O–H groups in total. The Bertz CT molecular complexity index is 474. The van der Waals surface area contributed by atoms with Crippen LogP contribution in [-0.4, -0.2) is 16.8 Å². The standard InChI is InChI=1S/C13H16Cl3NOS/c1-2-4-12(8-13(12,15)16)11(18)17-5-3-9-6-10(14)19-7-9/h6-7H,2-5,8H2,1H3,(H,17,18). The molecule has 2 rings (SSSR count). The maximum absolute atomic E-state index is 12.2. The number of hydrogen-bond acceptors (Lipinski definition) is 2. The first kappa shape index (κ1) is 15.4. The van der Waals surface area contributed by atoms with Crippen LogP contribution in [0.2, 0.25) is 4.34 Å². The summed E-state index contributed by atoms with van der Waals surface area (Å²) in [5.41, 5.74) is 0.551. The first-order valence-corrected chi connectivity index (χ1v) is 8.32. The van der Waals surface area contributed by atoms with Crippen LogP contribution in [0.25, 0.3) is 0 Å². The summed E-state index contributed by atoms with van der Waals surface area (Å²) >= 11 is 19.6. The van der Waals surface area contributed by atoms with Crippen molar-refractivity contribution in [3.63, 3.8) is 0 Å². The topological polar surface area (TPSA) is 29.1 Å². The summed E-state index contributed by atoms with van der Waals surface area (Å²) in [7, 11) is 0. The Morgan fingerprint density at radius 2 is 2.21 bits per heavy atom. The van der Waals surface area contributed by atoms with Crippen LogP contribution in [0.15, 0.2) is 11.4 Å². The fourth-order valence-electron chi connectivity index (χ4n) is 2.36. The van der Waals surface area contributed by atoms with Crippen LogP contribution in [-0.2, 0) is 11.2 Å². The predicted octanol–water partition coefficient (Wildman–Crippen LogP) is 4.42. The fraction of sp³-hybridized carbons (Fsp3) is 0.615. The zero-order chi connectivity index (χ0) is 14.1. The Hall–Kier alpha value is 0.0400. The smallest absolute Gasteiger partial charge is 0.229 e. The molecule has 6 heteroatoms. The molecule has 1 fully saturated rings. The molecular formula is C13H16Cl3NOS. The molecule has 1 aromatic rings. The van der Waals surface area contributed by atoms with Gasteiger partial charge >= 0.3 is 0 Å². The first-order valence-electron chi connectivity index (χ1n) is 6.30. The first-order chi connectivity index (χ1) is 8.91. The fourth-order valence-corrected chi connectivity index (χ4v) is 4.12. The molecular weight excluding hydrogens is 325 g/mol. The van der Waals surface area contributed by atoms with E-state index in [4.69, 9.17) is 34.8 Å². The molecule has 1 aliphatic rings. The highest BCUT2D eigenvalue weighted by molar-refractivity contribution is 7.14. The average Bonchev–Trinajstić information content (AvgIpc) is 2.68. The maximum atomic E-state index is 12.2. The Labute approximate surface area is 132 Å². The number of nitrogens with one attached hydrogen (secondary N) is 1. The lowest BCUT2D eigenvalue weighted by molar-refractivity contribution is -0.126. The molecule has 0 bridgehead atoms. The van der Waals surface area contributed by atoms with Gasteiger partial charge in [0.15, 0.2) is 0 Å². The molecule has 1 unspecified atom stereocenters. The monoisotopic (exact) mass is 339 g/mol. The van der Waals surface area contributed by atoms with Crippen molar-refractivity contribution in [2.45, 2.75) is 36.9 Å². The quantitative estimate of drug-likeness (QED) is 0.763. The number of carbonyl (C=O) groups excluding carboxylic acids is 1. The lowest BCUT2D eigenvalue weighted by Gasteiger charge is -2.16.